The molecular weight excluding hydrogens is 428 g/mol. The summed E-state index contributed by atoms with van der Waals surface area (Å²) in [6.45, 7) is 9.71. The zero-order chi connectivity index (χ0) is 22.5. The molecule has 3 aromatic rings. The van der Waals surface area contributed by atoms with Crippen LogP contribution in [0.3, 0.4) is 0 Å². The number of hydrogen-bond acceptors (Lipinski definition) is 7. The van der Waals surface area contributed by atoms with E-state index >= 15 is 0 Å². The lowest BCUT2D eigenvalue weighted by Crippen LogP contribution is -2.46. The van der Waals surface area contributed by atoms with Crippen LogP contribution in [0.2, 0.25) is 5.02 Å². The maximum absolute atomic E-state index is 6.17. The fourth-order valence-corrected chi connectivity index (χ4v) is 4.21. The molecule has 2 aromatic heterocycles. The molecule has 0 bridgehead atoms. The van der Waals surface area contributed by atoms with Crippen LogP contribution in [0.5, 0.6) is 5.75 Å². The Bertz CT molecular complexity index is 1020. The zero-order valence-electron chi connectivity index (χ0n) is 19.0. The van der Waals surface area contributed by atoms with Crippen LogP contribution in [0.15, 0.2) is 30.6 Å². The molecule has 1 fully saturated rings. The molecule has 0 aliphatic carbocycles. The van der Waals surface area contributed by atoms with Crippen LogP contribution in [0.1, 0.15) is 13.3 Å². The summed E-state index contributed by atoms with van der Waals surface area (Å²) in [5, 5.41) is 17.1. The number of ether oxygens (including phenoxy) is 1. The van der Waals surface area contributed by atoms with Gasteiger partial charge >= 0.3 is 0 Å². The van der Waals surface area contributed by atoms with Gasteiger partial charge in [-0.2, -0.15) is 5.10 Å². The topological polar surface area (TPSA) is 76.3 Å². The molecule has 9 nitrogen and oxygen atoms in total. The van der Waals surface area contributed by atoms with Crippen LogP contribution in [-0.4, -0.2) is 80.7 Å². The van der Waals surface area contributed by atoms with E-state index < -0.39 is 0 Å². The predicted molar refractivity (Wildman–Crippen MR) is 127 cm³/mol. The number of rotatable bonds is 9. The molecule has 0 spiro atoms. The molecule has 1 aliphatic rings. The molecule has 3 heterocycles. The summed E-state index contributed by atoms with van der Waals surface area (Å²) < 4.78 is 9.44. The van der Waals surface area contributed by atoms with Crippen molar-refractivity contribution in [2.75, 3.05) is 51.7 Å². The Hall–Kier alpha value is -2.62. The predicted octanol–water partition coefficient (Wildman–Crippen LogP) is 3.11. The summed E-state index contributed by atoms with van der Waals surface area (Å²) in [7, 11) is 3.53. The van der Waals surface area contributed by atoms with Crippen molar-refractivity contribution in [3.8, 4) is 17.1 Å². The molecule has 0 saturated carbocycles. The Morgan fingerprint density at radius 2 is 1.88 bits per heavy atom. The number of likely N-dealkylation sites (N-methyl/N-ethyl adjacent to an activating group) is 1. The highest BCUT2D eigenvalue weighted by molar-refractivity contribution is 6.30. The van der Waals surface area contributed by atoms with Gasteiger partial charge in [0.05, 0.1) is 24.6 Å². The number of anilines is 2. The van der Waals surface area contributed by atoms with Crippen molar-refractivity contribution in [3.63, 3.8) is 0 Å². The van der Waals surface area contributed by atoms with Crippen LogP contribution < -0.4 is 10.1 Å². The van der Waals surface area contributed by atoms with E-state index in [1.165, 1.54) is 0 Å². The minimum Gasteiger partial charge on any atom is -0.496 e. The molecule has 1 aromatic carbocycles. The van der Waals surface area contributed by atoms with E-state index in [2.05, 4.69) is 41.9 Å². The van der Waals surface area contributed by atoms with Crippen molar-refractivity contribution in [2.24, 2.45) is 7.05 Å². The second-order valence-electron chi connectivity index (χ2n) is 8.00. The minimum absolute atomic E-state index is 0.622. The van der Waals surface area contributed by atoms with Gasteiger partial charge in [0, 0.05) is 51.0 Å². The maximum atomic E-state index is 6.17. The number of hydrogen-bond donors (Lipinski definition) is 1. The van der Waals surface area contributed by atoms with Gasteiger partial charge in [-0.1, -0.05) is 18.5 Å². The number of methoxy groups -OCH3 is 1. The van der Waals surface area contributed by atoms with Crippen molar-refractivity contribution in [3.05, 3.63) is 35.6 Å². The van der Waals surface area contributed by atoms with Crippen LogP contribution in [0, 0.1) is 0 Å². The summed E-state index contributed by atoms with van der Waals surface area (Å²) in [5.74, 6) is 2.11. The Balaban J connectivity index is 1.54. The Morgan fingerprint density at radius 1 is 1.09 bits per heavy atom. The van der Waals surface area contributed by atoms with Crippen molar-refractivity contribution in [1.82, 2.24) is 34.3 Å². The highest BCUT2D eigenvalue weighted by Gasteiger charge is 2.19. The highest BCUT2D eigenvalue weighted by Crippen LogP contribution is 2.33. The first-order valence-electron chi connectivity index (χ1n) is 11.0. The number of aromatic nitrogens is 5. The van der Waals surface area contributed by atoms with Gasteiger partial charge in [-0.25, -0.2) is 0 Å². The molecule has 1 saturated heterocycles. The molecule has 32 heavy (non-hydrogen) atoms. The molecule has 0 radical (unpaired) electrons. The number of nitrogens with one attached hydrogen (secondary N) is 1. The fourth-order valence-electron chi connectivity index (χ4n) is 4.05. The largest absolute Gasteiger partial charge is 0.496 e. The van der Waals surface area contributed by atoms with E-state index in [0.29, 0.717) is 16.7 Å². The number of benzene rings is 1. The summed E-state index contributed by atoms with van der Waals surface area (Å²) in [6, 6.07) is 5.58. The monoisotopic (exact) mass is 458 g/mol. The standard InChI is InChI=1S/C22H31ClN8O/c1-4-29-10-12-30(13-11-29)8-5-9-31-21(19-7-6-17(23)14-20(19)32-3)26-27-22(31)25-18-15-24-28(2)16-18/h6-7,14-16H,4-5,8-13H2,1-3H3,(H,25,27). The number of aryl methyl sites for hydroxylation is 1. The Labute approximate surface area is 193 Å². The van der Waals surface area contributed by atoms with Crippen LogP contribution >= 0.6 is 11.6 Å². The third kappa shape index (κ3) is 5.23. The van der Waals surface area contributed by atoms with E-state index in [4.69, 9.17) is 16.3 Å². The maximum Gasteiger partial charge on any atom is 0.229 e. The number of piperazine rings is 1. The molecule has 1 aliphatic heterocycles. The summed E-state index contributed by atoms with van der Waals surface area (Å²) >= 11 is 6.17. The molecule has 10 heteroatoms. The average Bonchev–Trinajstić information content (AvgIpc) is 3.40. The SMILES string of the molecule is CCN1CCN(CCCn2c(Nc3cnn(C)c3)nnc2-c2ccc(Cl)cc2OC)CC1. The molecule has 172 valence electrons. The van der Waals surface area contributed by atoms with Crippen LogP contribution in [-0.2, 0) is 13.6 Å². The van der Waals surface area contributed by atoms with E-state index in [1.807, 2.05) is 25.4 Å². The average molecular weight is 459 g/mol. The van der Waals surface area contributed by atoms with Gasteiger partial charge in [0.2, 0.25) is 5.95 Å². The fraction of sp³-hybridized carbons (Fsp3) is 0.500. The minimum atomic E-state index is 0.622. The van der Waals surface area contributed by atoms with Crippen LogP contribution in [0.25, 0.3) is 11.4 Å². The van der Waals surface area contributed by atoms with Crippen molar-refractivity contribution >= 4 is 23.2 Å². The summed E-state index contributed by atoms with van der Waals surface area (Å²) in [4.78, 5) is 5.03. The lowest BCUT2D eigenvalue weighted by atomic mass is 10.2. The summed E-state index contributed by atoms with van der Waals surface area (Å²) in [6.07, 6.45) is 4.68. The third-order valence-corrected chi connectivity index (χ3v) is 6.12. The highest BCUT2D eigenvalue weighted by atomic mass is 35.5. The van der Waals surface area contributed by atoms with Gasteiger partial charge in [-0.3, -0.25) is 9.25 Å². The van der Waals surface area contributed by atoms with E-state index in [0.717, 1.165) is 69.3 Å². The lowest BCUT2D eigenvalue weighted by Gasteiger charge is -2.34. The quantitative estimate of drug-likeness (QED) is 0.528. The van der Waals surface area contributed by atoms with Gasteiger partial charge < -0.3 is 19.9 Å². The van der Waals surface area contributed by atoms with Crippen molar-refractivity contribution < 1.29 is 4.74 Å². The summed E-state index contributed by atoms with van der Waals surface area (Å²) in [5.41, 5.74) is 1.73. The third-order valence-electron chi connectivity index (χ3n) is 5.88. The van der Waals surface area contributed by atoms with Crippen LogP contribution in [0.4, 0.5) is 11.6 Å². The van der Waals surface area contributed by atoms with Gasteiger partial charge in [-0.15, -0.1) is 10.2 Å². The van der Waals surface area contributed by atoms with Crippen molar-refractivity contribution in [1.29, 1.82) is 0 Å². The van der Waals surface area contributed by atoms with E-state index in [1.54, 1.807) is 24.1 Å². The van der Waals surface area contributed by atoms with Gasteiger partial charge in [0.1, 0.15) is 5.75 Å². The lowest BCUT2D eigenvalue weighted by molar-refractivity contribution is 0.135. The molecular formula is C22H31ClN8O. The van der Waals surface area contributed by atoms with Gasteiger partial charge in [0.25, 0.3) is 0 Å². The number of nitrogens with zero attached hydrogens (tertiary/aromatic N) is 7. The molecule has 0 unspecified atom stereocenters. The second kappa shape index (κ2) is 10.3. The van der Waals surface area contributed by atoms with Crippen molar-refractivity contribution in [2.45, 2.75) is 19.9 Å². The van der Waals surface area contributed by atoms with E-state index in [9.17, 15) is 0 Å². The smallest absolute Gasteiger partial charge is 0.229 e. The first-order chi connectivity index (χ1) is 15.6. The number of halogens is 1. The molecule has 4 rings (SSSR count). The zero-order valence-corrected chi connectivity index (χ0v) is 19.7. The second-order valence-corrected chi connectivity index (χ2v) is 8.44. The Morgan fingerprint density at radius 3 is 2.56 bits per heavy atom. The van der Waals surface area contributed by atoms with Gasteiger partial charge in [-0.05, 0) is 37.7 Å². The molecule has 0 atom stereocenters. The Kier molecular flexibility index (Phi) is 7.29. The van der Waals surface area contributed by atoms with E-state index in [-0.39, 0.29) is 0 Å². The first kappa shape index (κ1) is 22.6. The first-order valence-corrected chi connectivity index (χ1v) is 11.4. The van der Waals surface area contributed by atoms with Gasteiger partial charge in [0.15, 0.2) is 5.82 Å². The normalized spacial score (nSPS) is 15.2. The molecule has 0 amide bonds. The molecule has 1 N–H and O–H groups in total.